The molecule has 0 aliphatic heterocycles. The molecule has 0 aromatic heterocycles. The second kappa shape index (κ2) is 29.4. The molecule has 0 saturated carbocycles. The number of hydrogen-bond acceptors (Lipinski definition) is 5. The highest BCUT2D eigenvalue weighted by Gasteiger charge is 2.15. The molecule has 0 aromatic rings. The first-order valence-electron chi connectivity index (χ1n) is 12.5. The number of unbranched alkanes of at least 4 members (excludes halogenated alkanes) is 9. The largest absolute Gasteiger partial charge is 0.456 e. The molecule has 226 valence electrons. The second-order valence-corrected chi connectivity index (χ2v) is 7.70. The van der Waals surface area contributed by atoms with Gasteiger partial charge in [0.25, 0.3) is 0 Å². The molecule has 0 aliphatic carbocycles. The molecule has 1 atom stereocenters. The maximum absolute atomic E-state index is 11.9. The third-order valence-electron chi connectivity index (χ3n) is 4.61. The number of hydrogen-bond donors (Lipinski definition) is 1. The van der Waals surface area contributed by atoms with E-state index in [2.05, 4.69) is 89.8 Å². The van der Waals surface area contributed by atoms with E-state index in [9.17, 15) is 14.7 Å². The van der Waals surface area contributed by atoms with Gasteiger partial charge >= 0.3 is 11.9 Å². The van der Waals surface area contributed by atoms with E-state index in [1.54, 1.807) is 6.92 Å². The van der Waals surface area contributed by atoms with Crippen LogP contribution in [0.3, 0.4) is 0 Å². The Kier molecular flexibility index (Phi) is 28.1. The Hall–Kier alpha value is -3.83. The summed E-state index contributed by atoms with van der Waals surface area (Å²) in [6.45, 7) is 3.16. The van der Waals surface area contributed by atoms with Gasteiger partial charge in [0.1, 0.15) is 6.61 Å². The van der Waals surface area contributed by atoms with Gasteiger partial charge in [-0.15, -0.1) is 0 Å². The van der Waals surface area contributed by atoms with Crippen LogP contribution in [0.4, 0.5) is 0 Å². The van der Waals surface area contributed by atoms with Crippen molar-refractivity contribution in [1.29, 1.82) is 0 Å². The lowest BCUT2D eigenvalue weighted by Gasteiger charge is -2.14. The van der Waals surface area contributed by atoms with E-state index in [1.165, 1.54) is 44.9 Å². The molecule has 0 heterocycles. The minimum atomic E-state index is -0.925. The van der Waals surface area contributed by atoms with Crippen LogP contribution in [0.2, 0.25) is 0 Å². The summed E-state index contributed by atoms with van der Waals surface area (Å²) in [7, 11) is 0. The number of aliphatic hydroxyl groups excluding tert-OH is 1. The highest BCUT2D eigenvalue weighted by molar-refractivity contribution is 7.59. The zero-order valence-electron chi connectivity index (χ0n) is 22.3. The summed E-state index contributed by atoms with van der Waals surface area (Å²) in [5, 5.41) is 9.36. The van der Waals surface area contributed by atoms with Crippen molar-refractivity contribution in [3.05, 3.63) is 0 Å². The molecule has 0 bridgehead atoms. The monoisotopic (exact) mass is 558 g/mol. The Morgan fingerprint density at radius 2 is 1.16 bits per heavy atom. The number of carbonyl (C=O) groups is 2. The van der Waals surface area contributed by atoms with E-state index >= 15 is 0 Å². The fourth-order valence-electron chi connectivity index (χ4n) is 2.79. The molecule has 0 fully saturated rings. The Balaban J connectivity index is -0.0000000712. The lowest BCUT2D eigenvalue weighted by atomic mass is 10.1. The summed E-state index contributed by atoms with van der Waals surface area (Å²) in [6.07, 6.45) is 11.1. The van der Waals surface area contributed by atoms with Gasteiger partial charge < -0.3 is 14.6 Å². The van der Waals surface area contributed by atoms with Crippen LogP contribution in [0.1, 0.15) is 103 Å². The smallest absolute Gasteiger partial charge is 0.385 e. The molecule has 6 heteroatoms. The van der Waals surface area contributed by atoms with Crippen molar-refractivity contribution in [1.82, 2.24) is 0 Å². The Morgan fingerprint density at radius 3 is 1.63 bits per heavy atom. The first-order valence-corrected chi connectivity index (χ1v) is 12.5. The van der Waals surface area contributed by atoms with Crippen molar-refractivity contribution in [2.75, 3.05) is 13.2 Å². The van der Waals surface area contributed by atoms with Crippen molar-refractivity contribution in [3.8, 4) is 82.9 Å². The summed E-state index contributed by atoms with van der Waals surface area (Å²) in [6, 6.07) is 0. The van der Waals surface area contributed by atoms with E-state index in [0.717, 1.165) is 19.3 Å². The van der Waals surface area contributed by atoms with Crippen LogP contribution in [0.25, 0.3) is 0 Å². The average molecular weight is 559 g/mol. The molecule has 0 spiro atoms. The molecule has 0 radical (unpaired) electrons. The maximum atomic E-state index is 11.9. The number of ether oxygens (including phenoxy) is 2. The summed E-state index contributed by atoms with van der Waals surface area (Å²) in [4.78, 5) is 23.6. The summed E-state index contributed by atoms with van der Waals surface area (Å²) in [5.41, 5.74) is 0. The van der Waals surface area contributed by atoms with E-state index in [0.29, 0.717) is 0 Å². The number of aliphatic hydroxyl groups is 1. The quantitative estimate of drug-likeness (QED) is 0.100. The van der Waals surface area contributed by atoms with Gasteiger partial charge in [-0.25, -0.2) is 4.79 Å². The van der Waals surface area contributed by atoms with Crippen LogP contribution in [-0.4, -0.2) is 36.4 Å². The topological polar surface area (TPSA) is 72.8 Å². The van der Waals surface area contributed by atoms with Gasteiger partial charge in [0.15, 0.2) is 6.10 Å². The standard InChI is InChI=1S/C32H34O5.H2S.13H2/c1-3-5-7-9-11-13-15-16-17-19-20-22-24-26-31(34)36-29-30(28-33)37-32(35)27-25-23-21-18-14-12-10-8-6-4-2;;;;;;;;;;;;;;/h30,33H,4,6,8,10,12,14,18,21,23,25,27-29H2,1-2H3;1H2;13*1H/t30-;;;;;;;;;;;;;;/m0............../s1. The predicted molar refractivity (Wildman–Crippen MR) is 182 cm³/mol. The van der Waals surface area contributed by atoms with Gasteiger partial charge in [0.2, 0.25) is 0 Å². The highest BCUT2D eigenvalue weighted by Crippen LogP contribution is 2.11. The average Bonchev–Trinajstić information content (AvgIpc) is 2.90. The van der Waals surface area contributed by atoms with Gasteiger partial charge in [-0.1, -0.05) is 70.6 Å². The number of esters is 2. The van der Waals surface area contributed by atoms with Crippen LogP contribution in [0.15, 0.2) is 0 Å². The zero-order valence-corrected chi connectivity index (χ0v) is 23.3. The molecule has 0 rings (SSSR count). The molecule has 1 N–H and O–H groups in total. The Labute approximate surface area is 255 Å². The number of rotatable bonds is 15. The fraction of sp³-hybridized carbons (Fsp3) is 0.500. The van der Waals surface area contributed by atoms with Crippen LogP contribution in [0.5, 0.6) is 0 Å². The van der Waals surface area contributed by atoms with Gasteiger partial charge in [-0.05, 0) is 84.4 Å². The lowest BCUT2D eigenvalue weighted by Crippen LogP contribution is -2.28. The first kappa shape index (κ1) is 36.3. The van der Waals surface area contributed by atoms with E-state index in [1.807, 2.05) is 0 Å². The van der Waals surface area contributed by atoms with Crippen molar-refractivity contribution in [2.24, 2.45) is 0 Å². The molecular formula is C32H62O5S. The Morgan fingerprint density at radius 1 is 0.711 bits per heavy atom. The van der Waals surface area contributed by atoms with Crippen LogP contribution < -0.4 is 0 Å². The lowest BCUT2D eigenvalue weighted by molar-refractivity contribution is -0.159. The first-order chi connectivity index (χ1) is 18.1. The summed E-state index contributed by atoms with van der Waals surface area (Å²) >= 11 is 0. The minimum Gasteiger partial charge on any atom is -0.456 e. The van der Waals surface area contributed by atoms with E-state index in [-0.39, 0.29) is 45.1 Å². The molecule has 0 amide bonds. The maximum Gasteiger partial charge on any atom is 0.385 e. The van der Waals surface area contributed by atoms with Crippen molar-refractivity contribution in [3.63, 3.8) is 0 Å². The van der Waals surface area contributed by atoms with Crippen molar-refractivity contribution >= 4 is 25.4 Å². The SMILES string of the molecule is CC#CC#CC#CC#CC#CC#CC#CC(=O)OC[C@H](CO)OC(=O)CCCCCCCCCCCC.S.[HH].[HH].[HH].[HH].[HH].[HH].[HH].[HH].[HH].[HH].[HH].[HH].[HH]. The molecule has 5 nitrogen and oxygen atoms in total. The molecular weight excluding hydrogens is 496 g/mol. The molecule has 0 aromatic carbocycles. The van der Waals surface area contributed by atoms with Gasteiger partial charge in [-0.2, -0.15) is 13.5 Å². The van der Waals surface area contributed by atoms with Crippen LogP contribution in [0, 0.1) is 82.9 Å². The molecule has 0 unspecified atom stereocenters. The van der Waals surface area contributed by atoms with Crippen molar-refractivity contribution in [2.45, 2.75) is 90.6 Å². The zero-order chi connectivity index (χ0) is 27.2. The minimum absolute atomic E-state index is 0. The third-order valence-corrected chi connectivity index (χ3v) is 4.61. The van der Waals surface area contributed by atoms with Crippen molar-refractivity contribution < 1.29 is 42.7 Å². The summed E-state index contributed by atoms with van der Waals surface area (Å²) in [5.74, 6) is 33.0. The predicted octanol–water partition coefficient (Wildman–Crippen LogP) is 7.10. The van der Waals surface area contributed by atoms with E-state index < -0.39 is 24.6 Å². The number of carbonyl (C=O) groups excluding carboxylic acids is 2. The van der Waals surface area contributed by atoms with Gasteiger partial charge in [0, 0.05) is 30.9 Å². The van der Waals surface area contributed by atoms with Gasteiger partial charge in [0.05, 0.1) is 6.61 Å². The third kappa shape index (κ3) is 26.8. The summed E-state index contributed by atoms with van der Waals surface area (Å²) < 4.78 is 10.1. The van der Waals surface area contributed by atoms with Crippen LogP contribution >= 0.6 is 13.5 Å². The normalized spacial score (nSPS) is 8.71. The fourth-order valence-corrected chi connectivity index (χ4v) is 2.79. The molecule has 0 aliphatic rings. The van der Waals surface area contributed by atoms with Crippen LogP contribution in [-0.2, 0) is 19.1 Å². The van der Waals surface area contributed by atoms with Gasteiger partial charge in [-0.3, -0.25) is 4.79 Å². The molecule has 0 saturated heterocycles. The highest BCUT2D eigenvalue weighted by atomic mass is 32.1. The second-order valence-electron chi connectivity index (χ2n) is 7.70. The molecule has 38 heavy (non-hydrogen) atoms. The Bertz CT molecular complexity index is 1180. The van der Waals surface area contributed by atoms with E-state index in [4.69, 9.17) is 9.47 Å².